The van der Waals surface area contributed by atoms with Gasteiger partial charge in [-0.15, -0.1) is 11.3 Å². The van der Waals surface area contributed by atoms with Crippen LogP contribution < -0.4 is 10.5 Å². The average Bonchev–Trinajstić information content (AvgIpc) is 2.94. The van der Waals surface area contributed by atoms with E-state index in [0.717, 1.165) is 16.3 Å². The Bertz CT molecular complexity index is 654. The molecule has 104 valence electrons. The highest BCUT2D eigenvalue weighted by atomic mass is 32.2. The number of nitrogens with one attached hydrogen (secondary N) is 1. The van der Waals surface area contributed by atoms with Gasteiger partial charge < -0.3 is 10.3 Å². The van der Waals surface area contributed by atoms with Crippen LogP contribution in [-0.4, -0.2) is 23.0 Å². The van der Waals surface area contributed by atoms with E-state index < -0.39 is 10.0 Å². The summed E-state index contributed by atoms with van der Waals surface area (Å²) in [5, 5.41) is 0.695. The van der Waals surface area contributed by atoms with Crippen LogP contribution in [0.2, 0.25) is 0 Å². The van der Waals surface area contributed by atoms with Crippen molar-refractivity contribution in [3.05, 3.63) is 22.4 Å². The number of hydrogen-bond acceptors (Lipinski definition) is 6. The van der Waals surface area contributed by atoms with Gasteiger partial charge in [-0.3, -0.25) is 0 Å². The summed E-state index contributed by atoms with van der Waals surface area (Å²) in [6.07, 6.45) is 4.01. The molecule has 0 spiro atoms. The molecule has 0 radical (unpaired) electrons. The Morgan fingerprint density at radius 3 is 2.74 bits per heavy atom. The van der Waals surface area contributed by atoms with E-state index in [1.54, 1.807) is 13.2 Å². The molecule has 0 bridgehead atoms. The van der Waals surface area contributed by atoms with Crippen molar-refractivity contribution in [1.82, 2.24) is 19.3 Å². The van der Waals surface area contributed by atoms with Crippen molar-refractivity contribution in [2.24, 2.45) is 7.05 Å². The van der Waals surface area contributed by atoms with E-state index in [-0.39, 0.29) is 17.4 Å². The van der Waals surface area contributed by atoms with Crippen LogP contribution in [0.5, 0.6) is 0 Å². The van der Waals surface area contributed by atoms with E-state index in [9.17, 15) is 8.42 Å². The first-order valence-electron chi connectivity index (χ1n) is 5.64. The molecule has 2 aromatic heterocycles. The lowest BCUT2D eigenvalue weighted by molar-refractivity contribution is 0.571. The molecule has 3 N–H and O–H groups in total. The molecule has 0 atom stereocenters. The number of thiazole rings is 1. The Balaban J connectivity index is 2.14. The Morgan fingerprint density at radius 2 is 2.21 bits per heavy atom. The molecule has 0 aliphatic heterocycles. The lowest BCUT2D eigenvalue weighted by atomic mass is 10.4. The quantitative estimate of drug-likeness (QED) is 0.837. The molecule has 0 aliphatic rings. The van der Waals surface area contributed by atoms with Crippen LogP contribution in [0.4, 0.5) is 5.82 Å². The molecule has 2 heterocycles. The van der Waals surface area contributed by atoms with Gasteiger partial charge in [0, 0.05) is 18.1 Å². The van der Waals surface area contributed by atoms with Gasteiger partial charge in [0.05, 0.1) is 12.9 Å². The molecule has 0 aliphatic carbocycles. The predicted molar refractivity (Wildman–Crippen MR) is 73.1 cm³/mol. The largest absolute Gasteiger partial charge is 0.381 e. The van der Waals surface area contributed by atoms with E-state index in [1.807, 2.05) is 6.92 Å². The van der Waals surface area contributed by atoms with Gasteiger partial charge in [0.25, 0.3) is 10.0 Å². The molecule has 0 saturated heterocycles. The number of sulfonamides is 1. The number of nitrogen functional groups attached to an aromatic ring is 1. The number of anilines is 1. The summed E-state index contributed by atoms with van der Waals surface area (Å²) in [7, 11) is -2.10. The van der Waals surface area contributed by atoms with Crippen molar-refractivity contribution in [2.45, 2.75) is 24.9 Å². The maximum atomic E-state index is 12.1. The molecule has 7 nitrogen and oxygen atoms in total. The normalized spacial score (nSPS) is 11.9. The zero-order valence-electron chi connectivity index (χ0n) is 10.6. The fourth-order valence-electron chi connectivity index (χ4n) is 1.58. The van der Waals surface area contributed by atoms with Gasteiger partial charge in [-0.05, 0) is 6.42 Å². The molecule has 0 aromatic carbocycles. The summed E-state index contributed by atoms with van der Waals surface area (Å²) < 4.78 is 28.1. The average molecular weight is 301 g/mol. The lowest BCUT2D eigenvalue weighted by Gasteiger charge is -2.06. The minimum absolute atomic E-state index is 0.0108. The van der Waals surface area contributed by atoms with E-state index in [2.05, 4.69) is 14.7 Å². The Morgan fingerprint density at radius 1 is 1.47 bits per heavy atom. The fourth-order valence-corrected chi connectivity index (χ4v) is 3.69. The van der Waals surface area contributed by atoms with Crippen LogP contribution in [0.25, 0.3) is 0 Å². The number of rotatable bonds is 5. The Labute approximate surface area is 115 Å². The first kappa shape index (κ1) is 14.0. The lowest BCUT2D eigenvalue weighted by Crippen LogP contribution is -2.25. The van der Waals surface area contributed by atoms with E-state index in [1.165, 1.54) is 22.2 Å². The minimum Gasteiger partial charge on any atom is -0.381 e. The molecule has 2 rings (SSSR count). The molecule has 2 aromatic rings. The van der Waals surface area contributed by atoms with Crippen LogP contribution in [-0.2, 0) is 30.0 Å². The third-order valence-corrected chi connectivity index (χ3v) is 5.20. The van der Waals surface area contributed by atoms with E-state index >= 15 is 0 Å². The van der Waals surface area contributed by atoms with Gasteiger partial charge >= 0.3 is 0 Å². The van der Waals surface area contributed by atoms with Crippen molar-refractivity contribution in [3.8, 4) is 0 Å². The fraction of sp³-hybridized carbons (Fsp3) is 0.400. The molecular formula is C10H15N5O2S2. The van der Waals surface area contributed by atoms with Crippen LogP contribution in [0, 0.1) is 0 Å². The molecule has 0 saturated carbocycles. The number of imidazole rings is 1. The van der Waals surface area contributed by atoms with Crippen molar-refractivity contribution >= 4 is 27.2 Å². The maximum Gasteiger partial charge on any atom is 0.260 e. The number of aryl methyl sites for hydroxylation is 2. The number of nitrogens with two attached hydrogens (primary N) is 1. The molecule has 0 fully saturated rings. The topological polar surface area (TPSA) is 103 Å². The van der Waals surface area contributed by atoms with Gasteiger partial charge in [0.2, 0.25) is 0 Å². The van der Waals surface area contributed by atoms with Crippen molar-refractivity contribution in [2.75, 3.05) is 5.73 Å². The minimum atomic E-state index is -3.68. The van der Waals surface area contributed by atoms with Crippen LogP contribution >= 0.6 is 11.3 Å². The Kier molecular flexibility index (Phi) is 3.88. The van der Waals surface area contributed by atoms with Crippen LogP contribution in [0.15, 0.2) is 17.6 Å². The zero-order valence-corrected chi connectivity index (χ0v) is 12.3. The molecule has 0 unspecified atom stereocenters. The first-order valence-corrected chi connectivity index (χ1v) is 7.94. The number of nitrogens with zero attached hydrogens (tertiary/aromatic N) is 3. The SMILES string of the molecule is CCc1cnc(CNS(=O)(=O)c2c(N)ncn2C)s1. The van der Waals surface area contributed by atoms with Crippen molar-refractivity contribution in [1.29, 1.82) is 0 Å². The highest BCUT2D eigenvalue weighted by Gasteiger charge is 2.22. The first-order chi connectivity index (χ1) is 8.94. The molecule has 9 heteroatoms. The smallest absolute Gasteiger partial charge is 0.260 e. The summed E-state index contributed by atoms with van der Waals surface area (Å²) in [6.45, 7) is 2.18. The molecular weight excluding hydrogens is 286 g/mol. The standard InChI is InChI=1S/C10H15N5O2S2/c1-3-7-4-12-8(18-7)5-14-19(16,17)10-9(11)13-6-15(10)2/h4,6,14H,3,5,11H2,1-2H3. The summed E-state index contributed by atoms with van der Waals surface area (Å²) in [5.74, 6) is -0.0108. The summed E-state index contributed by atoms with van der Waals surface area (Å²) >= 11 is 1.49. The molecule has 19 heavy (non-hydrogen) atoms. The zero-order chi connectivity index (χ0) is 14.0. The highest BCUT2D eigenvalue weighted by Crippen LogP contribution is 2.17. The van der Waals surface area contributed by atoms with E-state index in [4.69, 9.17) is 5.73 Å². The van der Waals surface area contributed by atoms with Gasteiger partial charge in [0.15, 0.2) is 10.8 Å². The third-order valence-electron chi connectivity index (χ3n) is 2.53. The van der Waals surface area contributed by atoms with Gasteiger partial charge in [-0.25, -0.2) is 23.1 Å². The maximum absolute atomic E-state index is 12.1. The third kappa shape index (κ3) is 2.94. The second kappa shape index (κ2) is 5.27. The van der Waals surface area contributed by atoms with E-state index in [0.29, 0.717) is 0 Å². The van der Waals surface area contributed by atoms with Gasteiger partial charge in [-0.2, -0.15) is 0 Å². The summed E-state index contributed by atoms with van der Waals surface area (Å²) in [4.78, 5) is 9.04. The summed E-state index contributed by atoms with van der Waals surface area (Å²) in [6, 6.07) is 0. The number of aromatic nitrogens is 3. The van der Waals surface area contributed by atoms with Crippen LogP contribution in [0.3, 0.4) is 0 Å². The number of hydrogen-bond donors (Lipinski definition) is 2. The van der Waals surface area contributed by atoms with Crippen LogP contribution in [0.1, 0.15) is 16.8 Å². The predicted octanol–water partition coefficient (Wildman–Crippen LogP) is 0.500. The van der Waals surface area contributed by atoms with Crippen molar-refractivity contribution < 1.29 is 8.42 Å². The highest BCUT2D eigenvalue weighted by molar-refractivity contribution is 7.89. The van der Waals surface area contributed by atoms with Crippen molar-refractivity contribution in [3.63, 3.8) is 0 Å². The second-order valence-electron chi connectivity index (χ2n) is 3.94. The monoisotopic (exact) mass is 301 g/mol. The van der Waals surface area contributed by atoms with Gasteiger partial charge in [-0.1, -0.05) is 6.92 Å². The summed E-state index contributed by atoms with van der Waals surface area (Å²) in [5.41, 5.74) is 5.56. The Hall–Kier alpha value is -1.45. The molecule has 0 amide bonds. The second-order valence-corrected chi connectivity index (χ2v) is 6.83. The van der Waals surface area contributed by atoms with Gasteiger partial charge in [0.1, 0.15) is 5.01 Å².